The Bertz CT molecular complexity index is 578. The monoisotopic (exact) mass is 283 g/mol. The van der Waals surface area contributed by atoms with Gasteiger partial charge in [0.2, 0.25) is 10.0 Å². The van der Waals surface area contributed by atoms with Gasteiger partial charge in [0.25, 0.3) is 0 Å². The summed E-state index contributed by atoms with van der Waals surface area (Å²) in [6.07, 6.45) is 1.60. The summed E-state index contributed by atoms with van der Waals surface area (Å²) in [5, 5.41) is 8.84. The molecule has 2 rings (SSSR count). The average molecular weight is 283 g/mol. The number of hydrogen-bond donors (Lipinski definition) is 2. The van der Waals surface area contributed by atoms with Crippen molar-refractivity contribution in [3.05, 3.63) is 29.8 Å². The van der Waals surface area contributed by atoms with E-state index < -0.39 is 22.0 Å². The van der Waals surface area contributed by atoms with E-state index in [0.29, 0.717) is 0 Å². The van der Waals surface area contributed by atoms with Gasteiger partial charge in [-0.05, 0) is 43.4 Å². The van der Waals surface area contributed by atoms with Crippen molar-refractivity contribution in [2.24, 2.45) is 5.92 Å². The van der Waals surface area contributed by atoms with Gasteiger partial charge in [-0.15, -0.1) is 0 Å². The van der Waals surface area contributed by atoms with E-state index in [1.165, 1.54) is 6.07 Å². The minimum absolute atomic E-state index is 0.149. The predicted octanol–water partition coefficient (Wildman–Crippen LogP) is 1.53. The highest BCUT2D eigenvalue weighted by Crippen LogP contribution is 2.34. The van der Waals surface area contributed by atoms with Gasteiger partial charge in [0.05, 0.1) is 11.3 Å². The third-order valence-electron chi connectivity index (χ3n) is 3.19. The highest BCUT2D eigenvalue weighted by atomic mass is 32.2. The molecule has 0 aromatic heterocycles. The molecule has 0 saturated heterocycles. The predicted molar refractivity (Wildman–Crippen MR) is 70.3 cm³/mol. The Morgan fingerprint density at radius 3 is 2.68 bits per heavy atom. The van der Waals surface area contributed by atoms with Gasteiger partial charge in [0, 0.05) is 6.04 Å². The maximum atomic E-state index is 12.2. The van der Waals surface area contributed by atoms with Crippen LogP contribution in [0.5, 0.6) is 0 Å². The summed E-state index contributed by atoms with van der Waals surface area (Å²) in [6.45, 7) is 1.81. The van der Waals surface area contributed by atoms with E-state index in [1.54, 1.807) is 12.1 Å². The number of aryl methyl sites for hydroxylation is 1. The van der Waals surface area contributed by atoms with E-state index >= 15 is 0 Å². The number of sulfonamides is 1. The number of carboxylic acid groups (broad SMARTS) is 1. The number of carboxylic acids is 1. The van der Waals surface area contributed by atoms with Gasteiger partial charge in [-0.2, -0.15) is 0 Å². The van der Waals surface area contributed by atoms with Crippen molar-refractivity contribution >= 4 is 16.0 Å². The standard InChI is InChI=1S/C13H17NO4S/c1-9-3-2-4-11(7-9)19(17,18)14-12(8-13(15)16)10-5-6-10/h2-4,7,10,12,14H,5-6,8H2,1H3,(H,15,16). The van der Waals surface area contributed by atoms with Crippen molar-refractivity contribution in [1.82, 2.24) is 4.72 Å². The molecule has 0 amide bonds. The minimum atomic E-state index is -3.65. The Kier molecular flexibility index (Phi) is 3.91. The Labute approximate surface area is 112 Å². The lowest BCUT2D eigenvalue weighted by Crippen LogP contribution is -2.38. The first kappa shape index (κ1) is 14.0. The van der Waals surface area contributed by atoms with Crippen LogP contribution >= 0.6 is 0 Å². The number of aliphatic carboxylic acids is 1. The summed E-state index contributed by atoms with van der Waals surface area (Å²) in [6, 6.07) is 6.07. The smallest absolute Gasteiger partial charge is 0.304 e. The topological polar surface area (TPSA) is 83.5 Å². The molecule has 6 heteroatoms. The molecule has 1 fully saturated rings. The quantitative estimate of drug-likeness (QED) is 0.829. The summed E-state index contributed by atoms with van der Waals surface area (Å²) in [7, 11) is -3.65. The van der Waals surface area contributed by atoms with Gasteiger partial charge in [0.15, 0.2) is 0 Å². The highest BCUT2D eigenvalue weighted by molar-refractivity contribution is 7.89. The van der Waals surface area contributed by atoms with Crippen LogP contribution in [0.25, 0.3) is 0 Å². The van der Waals surface area contributed by atoms with Gasteiger partial charge >= 0.3 is 5.97 Å². The molecule has 1 atom stereocenters. The number of carbonyl (C=O) groups is 1. The van der Waals surface area contributed by atoms with Gasteiger partial charge in [-0.1, -0.05) is 12.1 Å². The van der Waals surface area contributed by atoms with E-state index in [1.807, 2.05) is 13.0 Å². The van der Waals surface area contributed by atoms with Crippen LogP contribution in [0, 0.1) is 12.8 Å². The van der Waals surface area contributed by atoms with Crippen molar-refractivity contribution in [1.29, 1.82) is 0 Å². The second-order valence-electron chi connectivity index (χ2n) is 4.98. The molecule has 0 aliphatic heterocycles. The first-order chi connectivity index (χ1) is 8.88. The molecule has 2 N–H and O–H groups in total. The highest BCUT2D eigenvalue weighted by Gasteiger charge is 2.35. The largest absolute Gasteiger partial charge is 0.481 e. The van der Waals surface area contributed by atoms with Crippen LogP contribution in [0.2, 0.25) is 0 Å². The molecule has 104 valence electrons. The first-order valence-electron chi connectivity index (χ1n) is 6.19. The molecule has 1 aliphatic carbocycles. The molecule has 0 heterocycles. The molecule has 0 radical (unpaired) electrons. The Hall–Kier alpha value is -1.40. The van der Waals surface area contributed by atoms with Crippen LogP contribution in [0.4, 0.5) is 0 Å². The zero-order valence-electron chi connectivity index (χ0n) is 10.7. The molecular weight excluding hydrogens is 266 g/mol. The van der Waals surface area contributed by atoms with Crippen molar-refractivity contribution < 1.29 is 18.3 Å². The number of benzene rings is 1. The molecule has 5 nitrogen and oxygen atoms in total. The van der Waals surface area contributed by atoms with Crippen molar-refractivity contribution in [3.8, 4) is 0 Å². The van der Waals surface area contributed by atoms with Crippen LogP contribution in [0.15, 0.2) is 29.2 Å². The van der Waals surface area contributed by atoms with Crippen molar-refractivity contribution in [2.75, 3.05) is 0 Å². The molecule has 1 unspecified atom stereocenters. The number of rotatable bonds is 6. The van der Waals surface area contributed by atoms with Crippen LogP contribution in [0.3, 0.4) is 0 Å². The zero-order valence-corrected chi connectivity index (χ0v) is 11.5. The Balaban J connectivity index is 2.17. The van der Waals surface area contributed by atoms with Gasteiger partial charge < -0.3 is 5.11 Å². The third-order valence-corrected chi connectivity index (χ3v) is 4.68. The summed E-state index contributed by atoms with van der Waals surface area (Å²) in [5.74, 6) is -0.834. The maximum Gasteiger partial charge on any atom is 0.304 e. The fourth-order valence-electron chi connectivity index (χ4n) is 2.04. The molecule has 1 aliphatic rings. The average Bonchev–Trinajstić information content (AvgIpc) is 3.11. The molecule has 0 spiro atoms. The lowest BCUT2D eigenvalue weighted by Gasteiger charge is -2.16. The van der Waals surface area contributed by atoms with Crippen molar-refractivity contribution in [2.45, 2.75) is 37.1 Å². The fourth-order valence-corrected chi connectivity index (χ4v) is 3.45. The van der Waals surface area contributed by atoms with Gasteiger partial charge in [-0.3, -0.25) is 4.79 Å². The second kappa shape index (κ2) is 5.30. The van der Waals surface area contributed by atoms with Crippen LogP contribution in [-0.2, 0) is 14.8 Å². The van der Waals surface area contributed by atoms with Crippen LogP contribution < -0.4 is 4.72 Å². The summed E-state index contributed by atoms with van der Waals surface area (Å²) in [5.41, 5.74) is 0.851. The van der Waals surface area contributed by atoms with Crippen LogP contribution in [0.1, 0.15) is 24.8 Å². The van der Waals surface area contributed by atoms with E-state index in [4.69, 9.17) is 5.11 Å². The van der Waals surface area contributed by atoms with E-state index in [0.717, 1.165) is 18.4 Å². The summed E-state index contributed by atoms with van der Waals surface area (Å²) < 4.78 is 26.9. The SMILES string of the molecule is Cc1cccc(S(=O)(=O)NC(CC(=O)O)C2CC2)c1. The molecular formula is C13H17NO4S. The van der Waals surface area contributed by atoms with E-state index in [9.17, 15) is 13.2 Å². The number of nitrogens with one attached hydrogen (secondary N) is 1. The minimum Gasteiger partial charge on any atom is -0.481 e. The zero-order chi connectivity index (χ0) is 14.0. The Morgan fingerprint density at radius 1 is 1.47 bits per heavy atom. The van der Waals surface area contributed by atoms with Crippen LogP contribution in [-0.4, -0.2) is 25.5 Å². The first-order valence-corrected chi connectivity index (χ1v) is 7.67. The Morgan fingerprint density at radius 2 is 2.16 bits per heavy atom. The molecule has 1 aromatic carbocycles. The van der Waals surface area contributed by atoms with Gasteiger partial charge in [0.1, 0.15) is 0 Å². The number of hydrogen-bond acceptors (Lipinski definition) is 3. The normalized spacial score (nSPS) is 17.1. The van der Waals surface area contributed by atoms with E-state index in [-0.39, 0.29) is 17.2 Å². The molecule has 0 bridgehead atoms. The third kappa shape index (κ3) is 3.78. The summed E-state index contributed by atoms with van der Waals surface area (Å²) in [4.78, 5) is 11.0. The second-order valence-corrected chi connectivity index (χ2v) is 6.69. The lowest BCUT2D eigenvalue weighted by molar-refractivity contribution is -0.137. The summed E-state index contributed by atoms with van der Waals surface area (Å²) >= 11 is 0. The molecule has 1 saturated carbocycles. The molecule has 19 heavy (non-hydrogen) atoms. The molecule has 1 aromatic rings. The van der Waals surface area contributed by atoms with Crippen molar-refractivity contribution in [3.63, 3.8) is 0 Å². The van der Waals surface area contributed by atoms with Gasteiger partial charge in [-0.25, -0.2) is 13.1 Å². The lowest BCUT2D eigenvalue weighted by atomic mass is 10.1. The van der Waals surface area contributed by atoms with E-state index in [2.05, 4.69) is 4.72 Å². The maximum absolute atomic E-state index is 12.2. The fraction of sp³-hybridized carbons (Fsp3) is 0.462.